The van der Waals surface area contributed by atoms with Crippen molar-refractivity contribution in [3.8, 4) is 11.5 Å². The molecule has 0 bridgehead atoms. The first-order valence-corrected chi connectivity index (χ1v) is 7.58. The minimum Gasteiger partial charge on any atom is -0.481 e. The fourth-order valence-electron chi connectivity index (χ4n) is 3.00. The summed E-state index contributed by atoms with van der Waals surface area (Å²) in [5, 5.41) is 9.17. The molecule has 5 heteroatoms. The first-order valence-electron chi connectivity index (χ1n) is 6.79. The fourth-order valence-corrected chi connectivity index (χ4v) is 3.98. The van der Waals surface area contributed by atoms with E-state index >= 15 is 0 Å². The molecular weight excluding hydrogens is 324 g/mol. The van der Waals surface area contributed by atoms with Crippen LogP contribution in [-0.2, 0) is 10.2 Å². The zero-order chi connectivity index (χ0) is 14.5. The van der Waals surface area contributed by atoms with Crippen LogP contribution in [0.5, 0.6) is 11.5 Å². The first-order chi connectivity index (χ1) is 9.44. The van der Waals surface area contributed by atoms with Crippen molar-refractivity contribution in [1.82, 2.24) is 0 Å². The Bertz CT molecular complexity index is 576. The summed E-state index contributed by atoms with van der Waals surface area (Å²) >= 11 is 3.62. The van der Waals surface area contributed by atoms with Crippen LogP contribution in [0.15, 0.2) is 10.5 Å². The van der Waals surface area contributed by atoms with Gasteiger partial charge in [0.15, 0.2) is 11.5 Å². The highest BCUT2D eigenvalue weighted by molar-refractivity contribution is 9.10. The maximum atomic E-state index is 11.2. The Balaban J connectivity index is 2.15. The SMILES string of the molecule is CC(C)c1c(C2(CC(=O)O)CC2)cc2c(c1Br)OCO2. The van der Waals surface area contributed by atoms with E-state index in [9.17, 15) is 9.90 Å². The average molecular weight is 341 g/mol. The number of ether oxygens (including phenoxy) is 2. The van der Waals surface area contributed by atoms with Gasteiger partial charge in [-0.15, -0.1) is 0 Å². The van der Waals surface area contributed by atoms with E-state index in [0.29, 0.717) is 11.7 Å². The quantitative estimate of drug-likeness (QED) is 0.905. The third-order valence-corrected chi connectivity index (χ3v) is 4.92. The number of halogens is 1. The first kappa shape index (κ1) is 13.7. The Morgan fingerprint density at radius 3 is 2.70 bits per heavy atom. The topological polar surface area (TPSA) is 55.8 Å². The third-order valence-electron chi connectivity index (χ3n) is 4.13. The monoisotopic (exact) mass is 340 g/mol. The van der Waals surface area contributed by atoms with Gasteiger partial charge in [0.25, 0.3) is 0 Å². The molecule has 1 saturated carbocycles. The van der Waals surface area contributed by atoms with Gasteiger partial charge in [-0.1, -0.05) is 13.8 Å². The van der Waals surface area contributed by atoms with Crippen molar-refractivity contribution >= 4 is 21.9 Å². The van der Waals surface area contributed by atoms with Crippen LogP contribution in [0, 0.1) is 0 Å². The molecule has 1 N–H and O–H groups in total. The van der Waals surface area contributed by atoms with Gasteiger partial charge in [-0.05, 0) is 51.9 Å². The number of carboxylic acid groups (broad SMARTS) is 1. The van der Waals surface area contributed by atoms with Crippen molar-refractivity contribution < 1.29 is 19.4 Å². The van der Waals surface area contributed by atoms with Gasteiger partial charge in [0.2, 0.25) is 6.79 Å². The minimum absolute atomic E-state index is 0.179. The highest BCUT2D eigenvalue weighted by atomic mass is 79.9. The number of benzene rings is 1. The molecule has 108 valence electrons. The van der Waals surface area contributed by atoms with Crippen molar-refractivity contribution in [3.05, 3.63) is 21.7 Å². The van der Waals surface area contributed by atoms with E-state index in [1.165, 1.54) is 0 Å². The lowest BCUT2D eigenvalue weighted by atomic mass is 9.84. The Morgan fingerprint density at radius 2 is 2.15 bits per heavy atom. The van der Waals surface area contributed by atoms with Crippen molar-refractivity contribution in [2.24, 2.45) is 0 Å². The van der Waals surface area contributed by atoms with Crippen molar-refractivity contribution in [3.63, 3.8) is 0 Å². The number of carbonyl (C=O) groups is 1. The summed E-state index contributed by atoms with van der Waals surface area (Å²) < 4.78 is 11.9. The van der Waals surface area contributed by atoms with E-state index in [1.807, 2.05) is 6.07 Å². The molecule has 1 aromatic carbocycles. The van der Waals surface area contributed by atoms with Crippen LogP contribution in [-0.4, -0.2) is 17.9 Å². The predicted molar refractivity (Wildman–Crippen MR) is 77.5 cm³/mol. The van der Waals surface area contributed by atoms with Crippen molar-refractivity contribution in [2.75, 3.05) is 6.79 Å². The van der Waals surface area contributed by atoms with Gasteiger partial charge < -0.3 is 14.6 Å². The van der Waals surface area contributed by atoms with Gasteiger partial charge in [-0.2, -0.15) is 0 Å². The standard InChI is InChI=1S/C15H17BrO4/c1-8(2)12-9(15(3-4-15)6-11(17)18)5-10-14(13(12)16)20-7-19-10/h5,8H,3-4,6-7H2,1-2H3,(H,17,18). The normalized spacial score (nSPS) is 18.4. The number of fused-ring (bicyclic) bond motifs is 1. The molecule has 0 unspecified atom stereocenters. The van der Waals surface area contributed by atoms with Gasteiger partial charge in [-0.3, -0.25) is 4.79 Å². The Kier molecular flexibility index (Phi) is 3.20. The van der Waals surface area contributed by atoms with Crippen LogP contribution < -0.4 is 9.47 Å². The fraction of sp³-hybridized carbons (Fsp3) is 0.533. The van der Waals surface area contributed by atoms with E-state index in [0.717, 1.165) is 34.2 Å². The number of aliphatic carboxylic acids is 1. The van der Waals surface area contributed by atoms with Gasteiger partial charge in [0.1, 0.15) is 0 Å². The van der Waals surface area contributed by atoms with Crippen molar-refractivity contribution in [1.29, 1.82) is 0 Å². The average Bonchev–Trinajstić information content (AvgIpc) is 2.96. The predicted octanol–water partition coefficient (Wildman–Crippen LogP) is 3.81. The molecule has 3 rings (SSSR count). The van der Waals surface area contributed by atoms with Crippen LogP contribution in [0.1, 0.15) is 50.2 Å². The lowest BCUT2D eigenvalue weighted by molar-refractivity contribution is -0.137. The maximum Gasteiger partial charge on any atom is 0.304 e. The second kappa shape index (κ2) is 4.65. The molecule has 4 nitrogen and oxygen atoms in total. The summed E-state index contributed by atoms with van der Waals surface area (Å²) in [5.41, 5.74) is 2.02. The van der Waals surface area contributed by atoms with Crippen LogP contribution in [0.4, 0.5) is 0 Å². The van der Waals surface area contributed by atoms with Gasteiger partial charge in [0.05, 0.1) is 10.9 Å². The molecule has 0 atom stereocenters. The zero-order valence-electron chi connectivity index (χ0n) is 11.5. The molecule has 0 spiro atoms. The zero-order valence-corrected chi connectivity index (χ0v) is 13.1. The van der Waals surface area contributed by atoms with Gasteiger partial charge in [0, 0.05) is 5.41 Å². The largest absolute Gasteiger partial charge is 0.481 e. The number of hydrogen-bond acceptors (Lipinski definition) is 3. The lowest BCUT2D eigenvalue weighted by Gasteiger charge is -2.22. The second-order valence-electron chi connectivity index (χ2n) is 5.89. The summed E-state index contributed by atoms with van der Waals surface area (Å²) in [6, 6.07) is 1.98. The molecule has 1 fully saturated rings. The molecule has 0 saturated heterocycles. The highest BCUT2D eigenvalue weighted by Gasteiger charge is 2.48. The Morgan fingerprint density at radius 1 is 1.45 bits per heavy atom. The van der Waals surface area contributed by atoms with Gasteiger partial charge in [-0.25, -0.2) is 0 Å². The van der Waals surface area contributed by atoms with E-state index in [2.05, 4.69) is 29.8 Å². The van der Waals surface area contributed by atoms with E-state index < -0.39 is 5.97 Å². The summed E-state index contributed by atoms with van der Waals surface area (Å²) in [6.07, 6.45) is 2.02. The number of hydrogen-bond donors (Lipinski definition) is 1. The number of rotatable bonds is 4. The minimum atomic E-state index is -0.744. The number of carboxylic acids is 1. The summed E-state index contributed by atoms with van der Waals surface area (Å²) in [6.45, 7) is 4.45. The second-order valence-corrected chi connectivity index (χ2v) is 6.68. The van der Waals surface area contributed by atoms with Crippen molar-refractivity contribution in [2.45, 2.75) is 44.4 Å². The van der Waals surface area contributed by atoms with Crippen LogP contribution >= 0.6 is 15.9 Å². The smallest absolute Gasteiger partial charge is 0.304 e. The molecule has 0 radical (unpaired) electrons. The molecule has 0 aromatic heterocycles. The molecule has 1 aromatic rings. The summed E-state index contributed by atoms with van der Waals surface area (Å²) in [5.74, 6) is 1.00. The Labute approximate surface area is 126 Å². The lowest BCUT2D eigenvalue weighted by Crippen LogP contribution is -2.16. The highest BCUT2D eigenvalue weighted by Crippen LogP contribution is 2.57. The van der Waals surface area contributed by atoms with Crippen LogP contribution in [0.2, 0.25) is 0 Å². The molecule has 0 amide bonds. The van der Waals surface area contributed by atoms with Gasteiger partial charge >= 0.3 is 5.97 Å². The molecule has 20 heavy (non-hydrogen) atoms. The Hall–Kier alpha value is -1.23. The summed E-state index contributed by atoms with van der Waals surface area (Å²) in [4.78, 5) is 11.2. The molecule has 1 aliphatic heterocycles. The molecule has 2 aliphatic rings. The van der Waals surface area contributed by atoms with E-state index in [4.69, 9.17) is 9.47 Å². The van der Waals surface area contributed by atoms with E-state index in [-0.39, 0.29) is 18.6 Å². The van der Waals surface area contributed by atoms with E-state index in [1.54, 1.807) is 0 Å². The summed E-state index contributed by atoms with van der Waals surface area (Å²) in [7, 11) is 0. The maximum absolute atomic E-state index is 11.2. The van der Waals surface area contributed by atoms with Crippen LogP contribution in [0.25, 0.3) is 0 Å². The molecule has 1 aliphatic carbocycles. The molecular formula is C15H17BrO4. The van der Waals surface area contributed by atoms with Crippen LogP contribution in [0.3, 0.4) is 0 Å². The third kappa shape index (κ3) is 2.08. The molecule has 1 heterocycles.